The molecular formula is C12H19ClN2O4S2. The van der Waals surface area contributed by atoms with E-state index >= 15 is 0 Å². The van der Waals surface area contributed by atoms with Crippen molar-refractivity contribution in [3.63, 3.8) is 0 Å². The second-order valence-corrected chi connectivity index (χ2v) is 7.59. The van der Waals surface area contributed by atoms with Crippen molar-refractivity contribution < 1.29 is 17.9 Å². The van der Waals surface area contributed by atoms with Crippen LogP contribution in [0, 0.1) is 6.92 Å². The number of rotatable bonds is 3. The minimum absolute atomic E-state index is 0. The second kappa shape index (κ2) is 7.06. The number of nitrogens with two attached hydrogens (primary N) is 1. The predicted octanol–water partition coefficient (Wildman–Crippen LogP) is 1.38. The van der Waals surface area contributed by atoms with E-state index in [4.69, 9.17) is 5.73 Å². The van der Waals surface area contributed by atoms with Gasteiger partial charge in [0.1, 0.15) is 9.77 Å². The lowest BCUT2D eigenvalue weighted by Crippen LogP contribution is -2.45. The minimum Gasteiger partial charge on any atom is -0.465 e. The highest BCUT2D eigenvalue weighted by atomic mass is 35.5. The van der Waals surface area contributed by atoms with Crippen LogP contribution in [0.2, 0.25) is 0 Å². The number of esters is 1. The smallest absolute Gasteiger partial charge is 0.349 e. The quantitative estimate of drug-likeness (QED) is 0.828. The number of nitrogens with zero attached hydrogens (tertiary/aromatic N) is 1. The van der Waals surface area contributed by atoms with Gasteiger partial charge < -0.3 is 10.5 Å². The Hall–Kier alpha value is -0.670. The van der Waals surface area contributed by atoms with Gasteiger partial charge in [0.25, 0.3) is 0 Å². The van der Waals surface area contributed by atoms with Crippen LogP contribution in [0.5, 0.6) is 0 Å². The number of hydrogen-bond acceptors (Lipinski definition) is 6. The van der Waals surface area contributed by atoms with Gasteiger partial charge in [-0.1, -0.05) is 0 Å². The summed E-state index contributed by atoms with van der Waals surface area (Å²) >= 11 is 1.09. The Balaban J connectivity index is 0.00000220. The second-order valence-electron chi connectivity index (χ2n) is 4.83. The summed E-state index contributed by atoms with van der Waals surface area (Å²) in [6, 6.07) is -0.154. The van der Waals surface area contributed by atoms with E-state index in [1.54, 1.807) is 12.3 Å². The Labute approximate surface area is 134 Å². The van der Waals surface area contributed by atoms with Crippen LogP contribution in [0.1, 0.15) is 28.1 Å². The van der Waals surface area contributed by atoms with Crippen molar-refractivity contribution in [2.75, 3.05) is 20.2 Å². The molecule has 21 heavy (non-hydrogen) atoms. The molecule has 0 aromatic carbocycles. The van der Waals surface area contributed by atoms with Gasteiger partial charge in [-0.25, -0.2) is 13.2 Å². The maximum Gasteiger partial charge on any atom is 0.349 e. The lowest BCUT2D eigenvalue weighted by atomic mass is 10.1. The number of sulfonamides is 1. The average molecular weight is 355 g/mol. The van der Waals surface area contributed by atoms with E-state index in [9.17, 15) is 13.2 Å². The molecule has 1 atom stereocenters. The van der Waals surface area contributed by atoms with Gasteiger partial charge in [-0.05, 0) is 30.7 Å². The Morgan fingerprint density at radius 3 is 2.76 bits per heavy atom. The Kier molecular flexibility index (Phi) is 6.18. The predicted molar refractivity (Wildman–Crippen MR) is 83.6 cm³/mol. The number of methoxy groups -OCH3 is 1. The molecule has 2 heterocycles. The van der Waals surface area contributed by atoms with E-state index in [2.05, 4.69) is 4.74 Å². The summed E-state index contributed by atoms with van der Waals surface area (Å²) in [6.07, 6.45) is 1.55. The van der Waals surface area contributed by atoms with Gasteiger partial charge in [0, 0.05) is 19.1 Å². The summed E-state index contributed by atoms with van der Waals surface area (Å²) < 4.78 is 31.5. The summed E-state index contributed by atoms with van der Waals surface area (Å²) in [4.78, 5) is 11.9. The van der Waals surface area contributed by atoms with Gasteiger partial charge in [-0.15, -0.1) is 23.7 Å². The summed E-state index contributed by atoms with van der Waals surface area (Å²) in [5, 5.41) is 1.66. The van der Waals surface area contributed by atoms with E-state index in [1.807, 2.05) is 0 Å². The van der Waals surface area contributed by atoms with Crippen LogP contribution in [-0.4, -0.2) is 44.9 Å². The monoisotopic (exact) mass is 354 g/mol. The third-order valence-electron chi connectivity index (χ3n) is 3.31. The highest BCUT2D eigenvalue weighted by molar-refractivity contribution is 7.89. The molecule has 1 fully saturated rings. The zero-order chi connectivity index (χ0) is 14.9. The van der Waals surface area contributed by atoms with Crippen LogP contribution in [0.15, 0.2) is 10.3 Å². The highest BCUT2D eigenvalue weighted by Crippen LogP contribution is 2.31. The largest absolute Gasteiger partial charge is 0.465 e. The van der Waals surface area contributed by atoms with Gasteiger partial charge in [0.05, 0.1) is 7.11 Å². The van der Waals surface area contributed by atoms with Crippen molar-refractivity contribution in [3.05, 3.63) is 15.8 Å². The molecule has 6 nitrogen and oxygen atoms in total. The lowest BCUT2D eigenvalue weighted by molar-refractivity contribution is 0.0602. The Bertz CT molecular complexity index is 615. The summed E-state index contributed by atoms with van der Waals surface area (Å²) in [5.41, 5.74) is 6.41. The maximum absolute atomic E-state index is 12.7. The van der Waals surface area contributed by atoms with E-state index in [0.717, 1.165) is 24.2 Å². The fourth-order valence-electron chi connectivity index (χ4n) is 2.31. The molecule has 0 spiro atoms. The number of aryl methyl sites for hydroxylation is 1. The molecular weight excluding hydrogens is 336 g/mol. The van der Waals surface area contributed by atoms with Crippen molar-refractivity contribution in [3.8, 4) is 0 Å². The molecule has 0 bridgehead atoms. The summed E-state index contributed by atoms with van der Waals surface area (Å²) in [6.45, 7) is 2.41. The van der Waals surface area contributed by atoms with Crippen LogP contribution >= 0.6 is 23.7 Å². The molecule has 2 rings (SSSR count). The number of carbonyl (C=O) groups is 1. The first-order valence-corrected chi connectivity index (χ1v) is 8.62. The lowest BCUT2D eigenvalue weighted by Gasteiger charge is -2.30. The Morgan fingerprint density at radius 2 is 2.19 bits per heavy atom. The third-order valence-corrected chi connectivity index (χ3v) is 6.57. The molecule has 0 amide bonds. The van der Waals surface area contributed by atoms with Crippen molar-refractivity contribution in [1.82, 2.24) is 4.31 Å². The van der Waals surface area contributed by atoms with Crippen LogP contribution in [0.4, 0.5) is 0 Å². The summed E-state index contributed by atoms with van der Waals surface area (Å²) in [7, 11) is -2.46. The number of hydrogen-bond donors (Lipinski definition) is 1. The first-order valence-electron chi connectivity index (χ1n) is 6.30. The van der Waals surface area contributed by atoms with Crippen LogP contribution in [-0.2, 0) is 14.8 Å². The molecule has 1 aromatic rings. The van der Waals surface area contributed by atoms with E-state index in [0.29, 0.717) is 12.1 Å². The van der Waals surface area contributed by atoms with E-state index in [-0.39, 0.29) is 34.8 Å². The topological polar surface area (TPSA) is 89.7 Å². The molecule has 0 saturated carbocycles. The van der Waals surface area contributed by atoms with Gasteiger partial charge in [0.15, 0.2) is 0 Å². The standard InChI is InChI=1S/C12H18N2O4S2.ClH/c1-8-7-19-10(12(15)18-2)11(8)20(16,17)14-5-3-4-9(13)6-14;/h7,9H,3-6,13H2,1-2H3;1H. The van der Waals surface area contributed by atoms with Crippen LogP contribution in [0.25, 0.3) is 0 Å². The number of thiophene rings is 1. The first-order chi connectivity index (χ1) is 9.37. The Morgan fingerprint density at radius 1 is 1.52 bits per heavy atom. The first kappa shape index (κ1) is 18.4. The van der Waals surface area contributed by atoms with E-state index in [1.165, 1.54) is 11.4 Å². The van der Waals surface area contributed by atoms with Crippen molar-refractivity contribution in [1.29, 1.82) is 0 Å². The molecule has 1 saturated heterocycles. The number of ether oxygens (including phenoxy) is 1. The number of carbonyl (C=O) groups excluding carboxylic acids is 1. The van der Waals surface area contributed by atoms with Crippen molar-refractivity contribution in [2.24, 2.45) is 5.73 Å². The normalized spacial score (nSPS) is 19.9. The van der Waals surface area contributed by atoms with Crippen molar-refractivity contribution >= 4 is 39.7 Å². The highest BCUT2D eigenvalue weighted by Gasteiger charge is 2.34. The van der Waals surface area contributed by atoms with E-state index < -0.39 is 16.0 Å². The molecule has 120 valence electrons. The van der Waals surface area contributed by atoms with Gasteiger partial charge in [-0.3, -0.25) is 0 Å². The SMILES string of the molecule is COC(=O)c1scc(C)c1S(=O)(=O)N1CCCC(N)C1.Cl. The molecule has 0 aliphatic carbocycles. The zero-order valence-corrected chi connectivity index (χ0v) is 14.3. The average Bonchev–Trinajstić information content (AvgIpc) is 2.80. The van der Waals surface area contributed by atoms with Gasteiger partial charge in [0.2, 0.25) is 10.0 Å². The van der Waals surface area contributed by atoms with Crippen molar-refractivity contribution in [2.45, 2.75) is 30.7 Å². The number of piperidine rings is 1. The fraction of sp³-hybridized carbons (Fsp3) is 0.583. The third kappa shape index (κ3) is 3.57. The maximum atomic E-state index is 12.7. The van der Waals surface area contributed by atoms with Crippen LogP contribution < -0.4 is 5.73 Å². The molecule has 1 aliphatic rings. The number of halogens is 1. The minimum atomic E-state index is -3.71. The fourth-order valence-corrected chi connectivity index (χ4v) is 5.50. The van der Waals surface area contributed by atoms with Gasteiger partial charge in [-0.2, -0.15) is 4.31 Å². The molecule has 1 aliphatic heterocycles. The molecule has 1 unspecified atom stereocenters. The molecule has 0 radical (unpaired) electrons. The molecule has 9 heteroatoms. The zero-order valence-electron chi connectivity index (χ0n) is 11.9. The molecule has 2 N–H and O–H groups in total. The molecule has 1 aromatic heterocycles. The summed E-state index contributed by atoms with van der Waals surface area (Å²) in [5.74, 6) is -0.622. The van der Waals surface area contributed by atoms with Gasteiger partial charge >= 0.3 is 5.97 Å². The van der Waals surface area contributed by atoms with Crippen LogP contribution in [0.3, 0.4) is 0 Å².